The van der Waals surface area contributed by atoms with Crippen LogP contribution in [0.25, 0.3) is 0 Å². The minimum absolute atomic E-state index is 0.0500. The molecule has 1 aliphatic rings. The molecule has 0 saturated carbocycles. The van der Waals surface area contributed by atoms with Crippen molar-refractivity contribution in [2.75, 3.05) is 36.4 Å². The number of urea groups is 1. The zero-order valence-corrected chi connectivity index (χ0v) is 15.6. The van der Waals surface area contributed by atoms with Crippen LogP contribution in [-0.2, 0) is 6.18 Å². The predicted molar refractivity (Wildman–Crippen MR) is 101 cm³/mol. The highest BCUT2D eigenvalue weighted by Crippen LogP contribution is 2.36. The maximum atomic E-state index is 12.9. The molecule has 2 aromatic carbocycles. The molecule has 0 radical (unpaired) electrons. The molecule has 2 amide bonds. The minimum atomic E-state index is -4.58. The summed E-state index contributed by atoms with van der Waals surface area (Å²) in [6.07, 6.45) is -4.58. The molecule has 27 heavy (non-hydrogen) atoms. The third-order valence-corrected chi connectivity index (χ3v) is 4.83. The number of carbonyl (C=O) groups is 1. The Hall–Kier alpha value is -2.12. The molecule has 0 bridgehead atoms. The zero-order chi connectivity index (χ0) is 19.6. The van der Waals surface area contributed by atoms with Crippen molar-refractivity contribution in [3.05, 3.63) is 58.1 Å². The second-order valence-corrected chi connectivity index (χ2v) is 6.92. The molecule has 4 nitrogen and oxygen atoms in total. The van der Waals surface area contributed by atoms with Crippen LogP contribution in [-0.4, -0.2) is 37.1 Å². The lowest BCUT2D eigenvalue weighted by molar-refractivity contribution is -0.137. The van der Waals surface area contributed by atoms with Gasteiger partial charge in [-0.3, -0.25) is 0 Å². The molecule has 1 saturated heterocycles. The smallest absolute Gasteiger partial charge is 0.368 e. The molecule has 0 unspecified atom stereocenters. The van der Waals surface area contributed by atoms with Crippen molar-refractivity contribution >= 4 is 40.6 Å². The number of halogens is 5. The van der Waals surface area contributed by atoms with E-state index in [4.69, 9.17) is 23.2 Å². The van der Waals surface area contributed by atoms with E-state index in [2.05, 4.69) is 10.2 Å². The first-order valence-electron chi connectivity index (χ1n) is 8.17. The largest absolute Gasteiger partial charge is 0.417 e. The maximum absolute atomic E-state index is 12.9. The molecular weight excluding hydrogens is 402 g/mol. The Balaban J connectivity index is 1.62. The summed E-state index contributed by atoms with van der Waals surface area (Å²) in [5.41, 5.74) is 0.0387. The fraction of sp³-hybridized carbons (Fsp3) is 0.278. The lowest BCUT2D eigenvalue weighted by Crippen LogP contribution is -2.50. The molecule has 1 aliphatic heterocycles. The van der Waals surface area contributed by atoms with E-state index in [-0.39, 0.29) is 5.69 Å². The van der Waals surface area contributed by atoms with E-state index < -0.39 is 22.8 Å². The second-order valence-electron chi connectivity index (χ2n) is 6.08. The van der Waals surface area contributed by atoms with Gasteiger partial charge in [-0.2, -0.15) is 13.2 Å². The second kappa shape index (κ2) is 7.86. The average Bonchev–Trinajstić information content (AvgIpc) is 2.62. The van der Waals surface area contributed by atoms with E-state index >= 15 is 0 Å². The number of benzene rings is 2. The Morgan fingerprint density at radius 1 is 1.00 bits per heavy atom. The van der Waals surface area contributed by atoms with Gasteiger partial charge < -0.3 is 15.1 Å². The van der Waals surface area contributed by atoms with Gasteiger partial charge in [-0.25, -0.2) is 4.79 Å². The van der Waals surface area contributed by atoms with Gasteiger partial charge in [-0.1, -0.05) is 29.3 Å². The van der Waals surface area contributed by atoms with E-state index in [0.717, 1.165) is 17.8 Å². The van der Waals surface area contributed by atoms with Crippen molar-refractivity contribution in [2.45, 2.75) is 6.18 Å². The lowest BCUT2D eigenvalue weighted by Gasteiger charge is -2.36. The molecular formula is C18H16Cl2F3N3O. The summed E-state index contributed by atoms with van der Waals surface area (Å²) in [6.45, 7) is 2.08. The molecule has 3 rings (SSSR count). The maximum Gasteiger partial charge on any atom is 0.417 e. The van der Waals surface area contributed by atoms with Crippen molar-refractivity contribution in [3.63, 3.8) is 0 Å². The normalized spacial score (nSPS) is 15.0. The van der Waals surface area contributed by atoms with Crippen LogP contribution in [0.1, 0.15) is 5.56 Å². The standard InChI is InChI=1S/C18H16Cl2F3N3O/c19-12-2-1-3-14(10-12)25-6-8-26(9-7-25)17(27)24-13-4-5-16(20)15(11-13)18(21,22)23/h1-5,10-11H,6-9H2,(H,24,27). The van der Waals surface area contributed by atoms with E-state index in [0.29, 0.717) is 31.2 Å². The summed E-state index contributed by atoms with van der Waals surface area (Å²) in [4.78, 5) is 16.0. The van der Waals surface area contributed by atoms with Crippen LogP contribution in [0.3, 0.4) is 0 Å². The van der Waals surface area contributed by atoms with E-state index in [1.807, 2.05) is 18.2 Å². The first-order chi connectivity index (χ1) is 12.7. The molecule has 0 aromatic heterocycles. The first kappa shape index (κ1) is 19.6. The fourth-order valence-electron chi connectivity index (χ4n) is 2.86. The first-order valence-corrected chi connectivity index (χ1v) is 8.93. The van der Waals surface area contributed by atoms with Gasteiger partial charge in [-0.05, 0) is 36.4 Å². The highest BCUT2D eigenvalue weighted by molar-refractivity contribution is 6.31. The third kappa shape index (κ3) is 4.78. The van der Waals surface area contributed by atoms with E-state index in [9.17, 15) is 18.0 Å². The van der Waals surface area contributed by atoms with Gasteiger partial charge >= 0.3 is 12.2 Å². The molecule has 1 N–H and O–H groups in total. The Bertz CT molecular complexity index is 837. The Morgan fingerprint density at radius 3 is 2.33 bits per heavy atom. The molecule has 0 atom stereocenters. The van der Waals surface area contributed by atoms with Crippen LogP contribution < -0.4 is 10.2 Å². The SMILES string of the molecule is O=C(Nc1ccc(Cl)c(C(F)(F)F)c1)N1CCN(c2cccc(Cl)c2)CC1. The molecule has 1 heterocycles. The molecule has 0 spiro atoms. The van der Waals surface area contributed by atoms with Crippen molar-refractivity contribution in [1.82, 2.24) is 4.90 Å². The summed E-state index contributed by atoms with van der Waals surface area (Å²) in [5, 5.41) is 2.73. The van der Waals surface area contributed by atoms with Crippen LogP contribution >= 0.6 is 23.2 Å². The van der Waals surface area contributed by atoms with Gasteiger partial charge in [0.2, 0.25) is 0 Å². The number of piperazine rings is 1. The number of hydrogen-bond acceptors (Lipinski definition) is 2. The minimum Gasteiger partial charge on any atom is -0.368 e. The van der Waals surface area contributed by atoms with Crippen molar-refractivity contribution in [2.24, 2.45) is 0 Å². The Morgan fingerprint density at radius 2 is 1.70 bits per heavy atom. The van der Waals surface area contributed by atoms with Gasteiger partial charge in [0, 0.05) is 42.6 Å². The fourth-order valence-corrected chi connectivity index (χ4v) is 3.27. The number of alkyl halides is 3. The van der Waals surface area contributed by atoms with Crippen LogP contribution in [0.4, 0.5) is 29.3 Å². The quantitative estimate of drug-likeness (QED) is 0.712. The number of carbonyl (C=O) groups excluding carboxylic acids is 1. The van der Waals surface area contributed by atoms with Crippen molar-refractivity contribution in [3.8, 4) is 0 Å². The monoisotopic (exact) mass is 417 g/mol. The third-order valence-electron chi connectivity index (χ3n) is 4.26. The number of amides is 2. The molecule has 2 aromatic rings. The summed E-state index contributed by atoms with van der Waals surface area (Å²) in [7, 11) is 0. The van der Waals surface area contributed by atoms with Gasteiger partial charge in [-0.15, -0.1) is 0 Å². The van der Waals surface area contributed by atoms with Crippen LogP contribution in [0.5, 0.6) is 0 Å². The van der Waals surface area contributed by atoms with Crippen LogP contribution in [0, 0.1) is 0 Å². The number of nitrogens with one attached hydrogen (secondary N) is 1. The predicted octanol–water partition coefficient (Wildman–Crippen LogP) is 5.37. The van der Waals surface area contributed by atoms with Crippen molar-refractivity contribution in [1.29, 1.82) is 0 Å². The van der Waals surface area contributed by atoms with Gasteiger partial charge in [0.15, 0.2) is 0 Å². The highest BCUT2D eigenvalue weighted by atomic mass is 35.5. The van der Waals surface area contributed by atoms with Gasteiger partial charge in [0.05, 0.1) is 10.6 Å². The molecule has 9 heteroatoms. The number of nitrogens with zero attached hydrogens (tertiary/aromatic N) is 2. The number of anilines is 2. The van der Waals surface area contributed by atoms with Crippen molar-refractivity contribution < 1.29 is 18.0 Å². The Kier molecular flexibility index (Phi) is 5.72. The van der Waals surface area contributed by atoms with Gasteiger partial charge in [0.1, 0.15) is 0 Å². The number of hydrogen-bond donors (Lipinski definition) is 1. The van der Waals surface area contributed by atoms with Crippen LogP contribution in [0.2, 0.25) is 10.0 Å². The topological polar surface area (TPSA) is 35.6 Å². The highest BCUT2D eigenvalue weighted by Gasteiger charge is 2.33. The van der Waals surface area contributed by atoms with Crippen LogP contribution in [0.15, 0.2) is 42.5 Å². The summed E-state index contributed by atoms with van der Waals surface area (Å²) in [5.74, 6) is 0. The molecule has 0 aliphatic carbocycles. The zero-order valence-electron chi connectivity index (χ0n) is 14.1. The number of rotatable bonds is 2. The summed E-state index contributed by atoms with van der Waals surface area (Å²) < 4.78 is 38.8. The molecule has 1 fully saturated rings. The Labute approximate surface area is 164 Å². The lowest BCUT2D eigenvalue weighted by atomic mass is 10.2. The summed E-state index contributed by atoms with van der Waals surface area (Å²) in [6, 6.07) is 10.3. The van der Waals surface area contributed by atoms with E-state index in [1.54, 1.807) is 11.0 Å². The van der Waals surface area contributed by atoms with Gasteiger partial charge in [0.25, 0.3) is 0 Å². The molecule has 144 valence electrons. The summed E-state index contributed by atoms with van der Waals surface area (Å²) >= 11 is 11.6. The van der Waals surface area contributed by atoms with E-state index in [1.165, 1.54) is 6.07 Å². The average molecular weight is 418 g/mol.